The fraction of sp³-hybridized carbons (Fsp3) is 0.657. The molecule has 0 aromatic heterocycles. The monoisotopic (exact) mass is 1190 g/mol. The summed E-state index contributed by atoms with van der Waals surface area (Å²) in [6.45, 7) is 24.1. The highest BCUT2D eigenvalue weighted by Crippen LogP contribution is 2.46. The summed E-state index contributed by atoms with van der Waals surface area (Å²) in [4.78, 5) is 48.8. The first-order valence-corrected chi connectivity index (χ1v) is 31.7. The van der Waals surface area contributed by atoms with Crippen LogP contribution < -0.4 is 0 Å². The summed E-state index contributed by atoms with van der Waals surface area (Å²) in [6, 6.07) is 14.2. The number of nitrogens with zero attached hydrogens (tertiary/aromatic N) is 2. The Morgan fingerprint density at radius 2 is 0.671 bits per heavy atom. The maximum absolute atomic E-state index is 15.4. The van der Waals surface area contributed by atoms with E-state index in [2.05, 4.69) is 47.6 Å². The highest BCUT2D eigenvalue weighted by atomic mass is 16.6. The van der Waals surface area contributed by atoms with Gasteiger partial charge in [-0.3, -0.25) is 19.3 Å². The first-order chi connectivity index (χ1) is 41.7. The third-order valence-corrected chi connectivity index (χ3v) is 15.0. The van der Waals surface area contributed by atoms with Crippen molar-refractivity contribution in [2.45, 2.75) is 150 Å². The summed E-state index contributed by atoms with van der Waals surface area (Å²) in [5.74, 6) is -1.11. The molecule has 4 unspecified atom stereocenters. The van der Waals surface area contributed by atoms with Crippen LogP contribution in [0.1, 0.15) is 143 Å². The van der Waals surface area contributed by atoms with Crippen molar-refractivity contribution in [2.75, 3.05) is 139 Å². The smallest absolute Gasteiger partial charge is 0.261 e. The minimum absolute atomic E-state index is 0.00107. The molecule has 4 atom stereocenters. The Kier molecular flexibility index (Phi) is 29.4. The molecule has 18 heteroatoms. The molecule has 0 N–H and O–H groups in total. The van der Waals surface area contributed by atoms with Gasteiger partial charge in [0.2, 0.25) is 0 Å². The average Bonchev–Trinajstić information content (AvgIpc) is 0.750. The second kappa shape index (κ2) is 36.7. The van der Waals surface area contributed by atoms with Crippen molar-refractivity contribution in [3.63, 3.8) is 0 Å². The van der Waals surface area contributed by atoms with Gasteiger partial charge in [-0.15, -0.1) is 0 Å². The number of rotatable bonds is 46. The van der Waals surface area contributed by atoms with E-state index in [1.165, 1.54) is 4.90 Å². The van der Waals surface area contributed by atoms with Crippen molar-refractivity contribution in [3.05, 3.63) is 70.8 Å². The van der Waals surface area contributed by atoms with Gasteiger partial charge in [-0.2, -0.15) is 0 Å². The molecule has 2 heterocycles. The summed E-state index contributed by atoms with van der Waals surface area (Å²) in [7, 11) is 0. The van der Waals surface area contributed by atoms with E-state index in [-0.39, 0.29) is 96.5 Å². The molecule has 18 nitrogen and oxygen atoms in total. The van der Waals surface area contributed by atoms with Crippen LogP contribution in [0.5, 0.6) is 0 Å². The molecule has 5 aromatic rings. The summed E-state index contributed by atoms with van der Waals surface area (Å²) >= 11 is 0. The Morgan fingerprint density at radius 3 is 1.04 bits per heavy atom. The standard InChI is InChI=1S/C67H98N2O16/c1-9-25-73-38-50(82-29-13-5)42-77-34-48(35-78-43-51(83-30-14-6)39-74-26-10-2)68-46-81-33-47-17-18-54-56-20-23-59-64-60(24-21-57(63(56)64)55-19-22-58(65(68)70)61(47)62(54)55)67(72)69(66(59)71)49(36-79-44-52(84-31-15-7)40-75-27-11-3)37-80-45-53(85-32-16-8)41-76-28-12-4/h17-24,48-53H,9-16,25-46H2,1-8H3. The van der Waals surface area contributed by atoms with Crippen LogP contribution in [0.25, 0.3) is 43.1 Å². The van der Waals surface area contributed by atoms with Gasteiger partial charge < -0.3 is 66.5 Å². The van der Waals surface area contributed by atoms with Gasteiger partial charge in [0.05, 0.1) is 98.0 Å². The molecule has 0 fully saturated rings. The van der Waals surface area contributed by atoms with Crippen LogP contribution in [-0.4, -0.2) is 203 Å². The summed E-state index contributed by atoms with van der Waals surface area (Å²) in [6.07, 6.45) is 5.67. The molecule has 85 heavy (non-hydrogen) atoms. The van der Waals surface area contributed by atoms with E-state index in [4.69, 9.17) is 61.6 Å². The van der Waals surface area contributed by atoms with E-state index in [0.717, 1.165) is 94.6 Å². The van der Waals surface area contributed by atoms with E-state index in [1.807, 2.05) is 56.3 Å². The Hall–Kier alpha value is -4.51. The fourth-order valence-corrected chi connectivity index (χ4v) is 11.0. The lowest BCUT2D eigenvalue weighted by Crippen LogP contribution is -2.51. The zero-order valence-electron chi connectivity index (χ0n) is 52.2. The molecule has 0 saturated heterocycles. The Morgan fingerprint density at radius 1 is 0.353 bits per heavy atom. The summed E-state index contributed by atoms with van der Waals surface area (Å²) < 4.78 is 80.1. The van der Waals surface area contributed by atoms with Gasteiger partial charge in [0.1, 0.15) is 31.1 Å². The van der Waals surface area contributed by atoms with Crippen LogP contribution in [0.3, 0.4) is 0 Å². The van der Waals surface area contributed by atoms with Crippen molar-refractivity contribution in [2.24, 2.45) is 0 Å². The number of imide groups is 1. The largest absolute Gasteiger partial charge is 0.379 e. The number of hydrogen-bond donors (Lipinski definition) is 0. The predicted octanol–water partition coefficient (Wildman–Crippen LogP) is 11.0. The third-order valence-electron chi connectivity index (χ3n) is 15.0. The van der Waals surface area contributed by atoms with Crippen LogP contribution in [0, 0.1) is 0 Å². The number of ether oxygens (including phenoxy) is 13. The quantitative estimate of drug-likeness (QED) is 0.0155. The normalized spacial score (nSPS) is 16.1. The molecule has 0 radical (unpaired) electrons. The van der Waals surface area contributed by atoms with Crippen LogP contribution >= 0.6 is 0 Å². The molecule has 2 aliphatic heterocycles. The Bertz CT molecular complexity index is 2670. The first-order valence-electron chi connectivity index (χ1n) is 31.7. The molecule has 472 valence electrons. The van der Waals surface area contributed by atoms with Crippen LogP contribution in [0.4, 0.5) is 0 Å². The molecule has 7 rings (SSSR count). The van der Waals surface area contributed by atoms with Gasteiger partial charge >= 0.3 is 0 Å². The molecule has 0 bridgehead atoms. The molecular formula is C67H98N2O16. The average molecular weight is 1190 g/mol. The number of carbonyl (C=O) groups is 3. The number of hydrogen-bond acceptors (Lipinski definition) is 16. The van der Waals surface area contributed by atoms with E-state index in [9.17, 15) is 0 Å². The Labute approximate surface area is 504 Å². The van der Waals surface area contributed by atoms with E-state index < -0.39 is 23.9 Å². The molecule has 2 aliphatic rings. The highest BCUT2D eigenvalue weighted by Gasteiger charge is 2.40. The lowest BCUT2D eigenvalue weighted by molar-refractivity contribution is -0.0925. The topological polar surface area (TPSA) is 178 Å². The first kappa shape index (κ1) is 68.0. The number of fused-ring (bicyclic) bond motifs is 2. The SMILES string of the molecule is CCCOCC(COCC(COCC(COCCC)OCCC)N1COCc2ccc3c4ccc5c6c(ccc(c7ccc(c2c37)C1=O)c64)C(=O)N(C(COCC(COCCC)OCCC)COCC(COCCC)OCCC)C5=O)OCCC. The summed E-state index contributed by atoms with van der Waals surface area (Å²) in [5, 5.41) is 6.54. The summed E-state index contributed by atoms with van der Waals surface area (Å²) in [5.41, 5.74) is 2.20. The van der Waals surface area contributed by atoms with Crippen LogP contribution in [0.2, 0.25) is 0 Å². The van der Waals surface area contributed by atoms with Gasteiger partial charge in [0, 0.05) is 80.3 Å². The molecule has 0 aliphatic carbocycles. The lowest BCUT2D eigenvalue weighted by Gasteiger charge is -2.35. The van der Waals surface area contributed by atoms with E-state index in [1.54, 1.807) is 4.90 Å². The molecule has 5 aromatic carbocycles. The number of amides is 3. The molecule has 3 amide bonds. The maximum atomic E-state index is 15.4. The maximum Gasteiger partial charge on any atom is 0.261 e. The zero-order valence-corrected chi connectivity index (χ0v) is 52.2. The lowest BCUT2D eigenvalue weighted by atomic mass is 9.83. The minimum atomic E-state index is -0.798. The zero-order chi connectivity index (χ0) is 60.3. The predicted molar refractivity (Wildman–Crippen MR) is 329 cm³/mol. The number of benzene rings is 5. The van der Waals surface area contributed by atoms with Crippen LogP contribution in [0.15, 0.2) is 48.5 Å². The van der Waals surface area contributed by atoms with Crippen molar-refractivity contribution in [1.29, 1.82) is 0 Å². The Balaban J connectivity index is 1.22. The minimum Gasteiger partial charge on any atom is -0.379 e. The van der Waals surface area contributed by atoms with Gasteiger partial charge in [-0.05, 0) is 107 Å². The van der Waals surface area contributed by atoms with Crippen molar-refractivity contribution in [1.82, 2.24) is 9.80 Å². The van der Waals surface area contributed by atoms with E-state index in [0.29, 0.717) is 101 Å². The highest BCUT2D eigenvalue weighted by molar-refractivity contribution is 6.39. The molecule has 0 saturated carbocycles. The van der Waals surface area contributed by atoms with Crippen molar-refractivity contribution in [3.8, 4) is 0 Å². The van der Waals surface area contributed by atoms with Crippen molar-refractivity contribution >= 4 is 60.8 Å². The van der Waals surface area contributed by atoms with Crippen LogP contribution in [-0.2, 0) is 68.2 Å². The van der Waals surface area contributed by atoms with Gasteiger partial charge in [-0.25, -0.2) is 0 Å². The van der Waals surface area contributed by atoms with E-state index >= 15 is 14.4 Å². The molecule has 0 spiro atoms. The second-order valence-corrected chi connectivity index (χ2v) is 22.2. The van der Waals surface area contributed by atoms with Gasteiger partial charge in [0.15, 0.2) is 0 Å². The molecular weight excluding hydrogens is 1090 g/mol. The third kappa shape index (κ3) is 18.3. The van der Waals surface area contributed by atoms with Gasteiger partial charge in [0.25, 0.3) is 17.7 Å². The number of carbonyl (C=O) groups excluding carboxylic acids is 3. The van der Waals surface area contributed by atoms with Gasteiger partial charge in [-0.1, -0.05) is 85.7 Å². The second-order valence-electron chi connectivity index (χ2n) is 22.2. The fourth-order valence-electron chi connectivity index (χ4n) is 11.0. The van der Waals surface area contributed by atoms with Crippen molar-refractivity contribution < 1.29 is 76.0 Å².